The van der Waals surface area contributed by atoms with E-state index in [1.807, 2.05) is 6.07 Å². The van der Waals surface area contributed by atoms with Crippen LogP contribution in [0.5, 0.6) is 5.75 Å². The maximum Gasteiger partial charge on any atom is 0.487 e. The van der Waals surface area contributed by atoms with Gasteiger partial charge in [0.15, 0.2) is 0 Å². The van der Waals surface area contributed by atoms with Gasteiger partial charge in [0, 0.05) is 106 Å². The van der Waals surface area contributed by atoms with Crippen molar-refractivity contribution in [3.8, 4) is 17.0 Å². The van der Waals surface area contributed by atoms with Crippen molar-refractivity contribution >= 4 is 34.9 Å². The van der Waals surface area contributed by atoms with Gasteiger partial charge in [-0.05, 0) is 98.1 Å². The molecular weight excluding hydrogens is 690 g/mol. The van der Waals surface area contributed by atoms with Gasteiger partial charge in [-0.2, -0.15) is 5.10 Å². The van der Waals surface area contributed by atoms with Crippen LogP contribution in [-0.2, 0) is 4.79 Å². The quantitative estimate of drug-likeness (QED) is 0.263. The second kappa shape index (κ2) is 13.2. The molecule has 276 valence electrons. The smallest absolute Gasteiger partial charge is 0.420 e. The second-order valence-corrected chi connectivity index (χ2v) is 16.7. The molecule has 0 spiro atoms. The Labute approximate surface area is 307 Å². The zero-order valence-electron chi connectivity index (χ0n) is 29.2. The number of amides is 2. The molecule has 3 aromatic rings. The summed E-state index contributed by atoms with van der Waals surface area (Å²) < 4.78 is 30.2. The van der Waals surface area contributed by atoms with Gasteiger partial charge in [0.25, 0.3) is 5.91 Å². The predicted molar refractivity (Wildman–Crippen MR) is 192 cm³/mol. The van der Waals surface area contributed by atoms with E-state index in [9.17, 15) is 18.4 Å². The van der Waals surface area contributed by atoms with E-state index in [1.54, 1.807) is 18.5 Å². The van der Waals surface area contributed by atoms with Crippen molar-refractivity contribution in [1.29, 1.82) is 0 Å². The van der Waals surface area contributed by atoms with Gasteiger partial charge in [-0.25, -0.2) is 4.98 Å². The number of hydrogen-bond acceptors (Lipinski definition) is 8. The minimum atomic E-state index is -3.82. The van der Waals surface area contributed by atoms with Crippen LogP contribution in [0.15, 0.2) is 48.8 Å². The lowest BCUT2D eigenvalue weighted by atomic mass is 9.49. The third-order valence-corrected chi connectivity index (χ3v) is 12.8. The summed E-state index contributed by atoms with van der Waals surface area (Å²) in [4.78, 5) is 40.8. The highest BCUT2D eigenvalue weighted by Crippen LogP contribution is 2.61. The zero-order chi connectivity index (χ0) is 35.6. The number of aromatic amines is 1. The molecule has 0 unspecified atom stereocenters. The molecule has 2 amide bonds. The Morgan fingerprint density at radius 2 is 1.58 bits per heavy atom. The lowest BCUT2D eigenvalue weighted by molar-refractivity contribution is -0.149. The minimum Gasteiger partial charge on any atom is -0.420 e. The maximum absolute atomic E-state index is 13.4. The molecule has 4 aliphatic carbocycles. The van der Waals surface area contributed by atoms with Crippen LogP contribution in [0.3, 0.4) is 0 Å². The molecule has 0 radical (unpaired) electrons. The number of nitrogens with one attached hydrogen (secondary N) is 2. The number of anilines is 2. The Morgan fingerprint density at radius 1 is 0.923 bits per heavy atom. The van der Waals surface area contributed by atoms with Gasteiger partial charge < -0.3 is 19.9 Å². The van der Waals surface area contributed by atoms with Crippen LogP contribution < -0.4 is 15.0 Å². The Balaban J connectivity index is 0.761. The first kappa shape index (κ1) is 34.0. The van der Waals surface area contributed by atoms with Crippen LogP contribution in [0, 0.1) is 23.2 Å². The summed E-state index contributed by atoms with van der Waals surface area (Å²) in [6.45, 7) is 7.33. The number of H-pyrrole nitrogens is 1. The number of benzene rings is 1. The van der Waals surface area contributed by atoms with Crippen LogP contribution in [0.1, 0.15) is 55.3 Å². The van der Waals surface area contributed by atoms with Crippen LogP contribution in [0.25, 0.3) is 11.3 Å². The standard InChI is InChI=1S/C38H45ClF2N8O3/c39-38(40,41)52-31-3-1-28(2-4-31)44-36(51)27-14-32(33-5-6-43-45-33)35(42-19-27)47-9-7-46(8-10-47)29-20-48(21-29)30-22-49(23-30)34(50)18-37-15-24-11-25(16-37)13-26(12-24)17-37/h1-6,14,19,24-26,29-30H,7-13,15-18,20-23H2,(H,43,45)(H,44,51). The number of hydrogen-bond donors (Lipinski definition) is 2. The monoisotopic (exact) mass is 734 g/mol. The number of rotatable bonds is 10. The van der Waals surface area contributed by atoms with Gasteiger partial charge in [0.1, 0.15) is 11.6 Å². The first-order valence-electron chi connectivity index (χ1n) is 18.7. The summed E-state index contributed by atoms with van der Waals surface area (Å²) in [6, 6.07) is 10.2. The number of aromatic nitrogens is 3. The first-order chi connectivity index (χ1) is 25.0. The van der Waals surface area contributed by atoms with E-state index in [-0.39, 0.29) is 5.75 Å². The highest BCUT2D eigenvalue weighted by molar-refractivity contribution is 6.20. The van der Waals surface area contributed by atoms with Crippen LogP contribution in [0.4, 0.5) is 20.3 Å². The third-order valence-electron chi connectivity index (χ3n) is 12.7. The number of likely N-dealkylation sites (tertiary alicyclic amines) is 2. The summed E-state index contributed by atoms with van der Waals surface area (Å²) in [5.74, 6) is 3.33. The molecule has 2 N–H and O–H groups in total. The Hall–Kier alpha value is -3.81. The van der Waals surface area contributed by atoms with E-state index in [2.05, 4.69) is 39.9 Å². The molecule has 3 saturated heterocycles. The summed E-state index contributed by atoms with van der Waals surface area (Å²) in [5, 5.41) is 9.92. The van der Waals surface area contributed by atoms with E-state index in [4.69, 9.17) is 16.6 Å². The van der Waals surface area contributed by atoms with Gasteiger partial charge in [-0.1, -0.05) is 0 Å². The number of halogens is 3. The zero-order valence-corrected chi connectivity index (χ0v) is 29.9. The van der Waals surface area contributed by atoms with E-state index >= 15 is 0 Å². The van der Waals surface area contributed by atoms with Gasteiger partial charge >= 0.3 is 5.57 Å². The van der Waals surface area contributed by atoms with Gasteiger partial charge in [0.05, 0.1) is 11.3 Å². The van der Waals surface area contributed by atoms with Crippen molar-refractivity contribution in [2.75, 3.05) is 62.6 Å². The number of piperazine rings is 1. The van der Waals surface area contributed by atoms with Gasteiger partial charge in [-0.15, -0.1) is 8.78 Å². The molecule has 0 atom stereocenters. The molecule has 3 aliphatic heterocycles. The molecule has 4 saturated carbocycles. The van der Waals surface area contributed by atoms with Crippen molar-refractivity contribution in [3.05, 3.63) is 54.4 Å². The fraction of sp³-hybridized carbons (Fsp3) is 0.579. The number of pyridine rings is 1. The Kier molecular flexibility index (Phi) is 8.66. The Bertz CT molecular complexity index is 1750. The number of nitrogens with zero attached hydrogens (tertiary/aromatic N) is 6. The van der Waals surface area contributed by atoms with Crippen molar-refractivity contribution in [1.82, 2.24) is 29.9 Å². The highest BCUT2D eigenvalue weighted by atomic mass is 35.5. The molecule has 52 heavy (non-hydrogen) atoms. The molecule has 7 aliphatic rings. The molecule has 7 fully saturated rings. The van der Waals surface area contributed by atoms with Crippen LogP contribution in [-0.4, -0.2) is 112 Å². The van der Waals surface area contributed by atoms with E-state index < -0.39 is 11.5 Å². The van der Waals surface area contributed by atoms with Crippen LogP contribution in [0.2, 0.25) is 0 Å². The summed E-state index contributed by atoms with van der Waals surface area (Å²) in [5.41, 5.74) is -1.23. The van der Waals surface area contributed by atoms with Crippen molar-refractivity contribution < 1.29 is 23.1 Å². The SMILES string of the molecule is O=C(Nc1ccc(OC(F)(F)Cl)cc1)c1cnc(N2CCN(C3CN(C4CN(C(=O)CC56CC7CC(CC(C7)C5)C6)C4)C3)CC2)c(-c2ccn[nH]2)c1. The van der Waals surface area contributed by atoms with E-state index in [0.29, 0.717) is 34.7 Å². The number of alkyl halides is 3. The molecule has 11 nitrogen and oxygen atoms in total. The second-order valence-electron chi connectivity index (χ2n) is 16.3. The van der Waals surface area contributed by atoms with Gasteiger partial charge in [0.2, 0.25) is 5.91 Å². The average molecular weight is 735 g/mol. The summed E-state index contributed by atoms with van der Waals surface area (Å²) in [7, 11) is 0. The third kappa shape index (κ3) is 6.87. The predicted octanol–water partition coefficient (Wildman–Crippen LogP) is 5.52. The molecular formula is C38H45ClF2N8O3. The number of carbonyl (C=O) groups is 2. The number of ether oxygens (including phenoxy) is 1. The molecule has 5 heterocycles. The fourth-order valence-corrected chi connectivity index (χ4v) is 10.6. The summed E-state index contributed by atoms with van der Waals surface area (Å²) >= 11 is 4.84. The largest absolute Gasteiger partial charge is 0.487 e. The summed E-state index contributed by atoms with van der Waals surface area (Å²) in [6.07, 6.45) is 12.2. The first-order valence-corrected chi connectivity index (χ1v) is 19.1. The van der Waals surface area contributed by atoms with Crippen LogP contribution >= 0.6 is 11.6 Å². The lowest BCUT2D eigenvalue weighted by Gasteiger charge is -2.58. The topological polar surface area (TPSA) is 110 Å². The van der Waals surface area contributed by atoms with E-state index in [1.165, 1.54) is 62.8 Å². The molecule has 2 aromatic heterocycles. The molecule has 1 aromatic carbocycles. The lowest BCUT2D eigenvalue weighted by Crippen LogP contribution is -2.71. The molecule has 10 rings (SSSR count). The minimum absolute atomic E-state index is 0.125. The molecule has 14 heteroatoms. The normalized spacial score (nSPS) is 28.1. The maximum atomic E-state index is 13.4. The van der Waals surface area contributed by atoms with Crippen molar-refractivity contribution in [2.45, 2.75) is 62.6 Å². The fourth-order valence-electron chi connectivity index (χ4n) is 10.5. The van der Waals surface area contributed by atoms with Crippen molar-refractivity contribution in [3.63, 3.8) is 0 Å². The van der Waals surface area contributed by atoms with Crippen molar-refractivity contribution in [2.24, 2.45) is 23.2 Å². The average Bonchev–Trinajstić information content (AvgIpc) is 3.60. The molecule has 4 bridgehead atoms. The number of carbonyl (C=O) groups excluding carboxylic acids is 2. The van der Waals surface area contributed by atoms with Gasteiger partial charge in [-0.3, -0.25) is 24.5 Å². The Morgan fingerprint density at radius 3 is 2.19 bits per heavy atom. The highest BCUT2D eigenvalue weighted by Gasteiger charge is 2.52. The van der Waals surface area contributed by atoms with E-state index in [0.717, 1.165) is 93.6 Å².